The van der Waals surface area contributed by atoms with Crippen molar-refractivity contribution in [3.8, 4) is 0 Å². The van der Waals surface area contributed by atoms with Gasteiger partial charge in [0.25, 0.3) is 0 Å². The number of aromatic amines is 1. The van der Waals surface area contributed by atoms with Crippen LogP contribution in [-0.2, 0) is 6.42 Å². The molecule has 1 saturated carbocycles. The Labute approximate surface area is 133 Å². The molecule has 1 heterocycles. The van der Waals surface area contributed by atoms with Gasteiger partial charge in [-0.1, -0.05) is 31.0 Å². The number of nitrogens with one attached hydrogen (secondary N) is 2. The fraction of sp³-hybridized carbons (Fsp3) is 0.579. The summed E-state index contributed by atoms with van der Waals surface area (Å²) < 4.78 is 0. The van der Waals surface area contributed by atoms with E-state index < -0.39 is 0 Å². The molecule has 1 aromatic heterocycles. The van der Waals surface area contributed by atoms with Crippen LogP contribution < -0.4 is 5.32 Å². The van der Waals surface area contributed by atoms with Gasteiger partial charge in [-0.25, -0.2) is 0 Å². The molecule has 0 amide bonds. The lowest BCUT2D eigenvalue weighted by Crippen LogP contribution is -2.39. The van der Waals surface area contributed by atoms with Crippen LogP contribution >= 0.6 is 0 Å². The lowest BCUT2D eigenvalue weighted by atomic mass is 9.87. The standard InChI is InChI=1S/C19H28N2O/c1-15(21-13-19(14-22)10-4-5-11-19)8-9-16-12-20-18-7-3-2-6-17(16)18/h2-3,6-7,12,15,20-22H,4-5,8-11,13-14H2,1H3/t15-/m0/s1. The Kier molecular flexibility index (Phi) is 4.84. The van der Waals surface area contributed by atoms with E-state index in [4.69, 9.17) is 0 Å². The van der Waals surface area contributed by atoms with Crippen molar-refractivity contribution in [2.75, 3.05) is 13.2 Å². The quantitative estimate of drug-likeness (QED) is 0.731. The van der Waals surface area contributed by atoms with Gasteiger partial charge in [-0.2, -0.15) is 0 Å². The number of hydrogen-bond acceptors (Lipinski definition) is 2. The van der Waals surface area contributed by atoms with Crippen molar-refractivity contribution in [1.82, 2.24) is 10.3 Å². The minimum Gasteiger partial charge on any atom is -0.396 e. The second-order valence-corrected chi connectivity index (χ2v) is 7.05. The number of fused-ring (bicyclic) bond motifs is 1. The highest BCUT2D eigenvalue weighted by atomic mass is 16.3. The van der Waals surface area contributed by atoms with Crippen LogP contribution in [0, 0.1) is 5.41 Å². The van der Waals surface area contributed by atoms with Crippen LogP contribution in [0.25, 0.3) is 10.9 Å². The first kappa shape index (κ1) is 15.6. The van der Waals surface area contributed by atoms with Crippen LogP contribution in [0.15, 0.2) is 30.5 Å². The molecular weight excluding hydrogens is 272 g/mol. The SMILES string of the molecule is C[C@@H](CCc1c[nH]c2ccccc12)NCC1(CO)CCCC1. The minimum absolute atomic E-state index is 0.148. The number of H-pyrrole nitrogens is 1. The largest absolute Gasteiger partial charge is 0.396 e. The average molecular weight is 300 g/mol. The molecule has 3 rings (SSSR count). The summed E-state index contributed by atoms with van der Waals surface area (Å²) in [5.41, 5.74) is 2.78. The summed E-state index contributed by atoms with van der Waals surface area (Å²) >= 11 is 0. The smallest absolute Gasteiger partial charge is 0.0499 e. The van der Waals surface area contributed by atoms with E-state index in [0.717, 1.165) is 19.4 Å². The van der Waals surface area contributed by atoms with Crippen molar-refractivity contribution < 1.29 is 5.11 Å². The van der Waals surface area contributed by atoms with Crippen molar-refractivity contribution in [2.24, 2.45) is 5.41 Å². The van der Waals surface area contributed by atoms with E-state index in [1.165, 1.54) is 42.1 Å². The van der Waals surface area contributed by atoms with Crippen molar-refractivity contribution in [3.63, 3.8) is 0 Å². The highest BCUT2D eigenvalue weighted by molar-refractivity contribution is 5.82. The van der Waals surface area contributed by atoms with Crippen LogP contribution in [0.5, 0.6) is 0 Å². The molecule has 2 aromatic rings. The molecule has 1 aliphatic carbocycles. The molecule has 22 heavy (non-hydrogen) atoms. The number of hydrogen-bond donors (Lipinski definition) is 3. The lowest BCUT2D eigenvalue weighted by molar-refractivity contribution is 0.125. The van der Waals surface area contributed by atoms with E-state index in [-0.39, 0.29) is 5.41 Å². The van der Waals surface area contributed by atoms with Crippen molar-refractivity contribution in [3.05, 3.63) is 36.0 Å². The van der Waals surface area contributed by atoms with Gasteiger partial charge in [0, 0.05) is 41.7 Å². The highest BCUT2D eigenvalue weighted by Crippen LogP contribution is 2.37. The van der Waals surface area contributed by atoms with Gasteiger partial charge in [0.05, 0.1) is 0 Å². The van der Waals surface area contributed by atoms with E-state index in [9.17, 15) is 5.11 Å². The summed E-state index contributed by atoms with van der Waals surface area (Å²) in [6.45, 7) is 3.54. The number of benzene rings is 1. The maximum Gasteiger partial charge on any atom is 0.0499 e. The summed E-state index contributed by atoms with van der Waals surface area (Å²) in [4.78, 5) is 3.35. The predicted molar refractivity (Wildman–Crippen MR) is 92.1 cm³/mol. The Balaban J connectivity index is 1.51. The molecule has 3 N–H and O–H groups in total. The maximum absolute atomic E-state index is 9.68. The zero-order valence-corrected chi connectivity index (χ0v) is 13.6. The van der Waals surface area contributed by atoms with Gasteiger partial charge in [0.2, 0.25) is 0 Å². The van der Waals surface area contributed by atoms with E-state index in [1.807, 2.05) is 0 Å². The van der Waals surface area contributed by atoms with Crippen molar-refractivity contribution >= 4 is 10.9 Å². The summed E-state index contributed by atoms with van der Waals surface area (Å²) in [5, 5.41) is 14.7. The molecule has 3 heteroatoms. The first-order chi connectivity index (χ1) is 10.7. The topological polar surface area (TPSA) is 48.0 Å². The van der Waals surface area contributed by atoms with E-state index in [0.29, 0.717) is 12.6 Å². The summed E-state index contributed by atoms with van der Waals surface area (Å²) in [5.74, 6) is 0. The second-order valence-electron chi connectivity index (χ2n) is 7.05. The first-order valence-electron chi connectivity index (χ1n) is 8.62. The summed E-state index contributed by atoms with van der Waals surface area (Å²) in [6.07, 6.45) is 9.24. The number of aliphatic hydroxyl groups excluding tert-OH is 1. The van der Waals surface area contributed by atoms with Gasteiger partial charge in [-0.05, 0) is 44.2 Å². The van der Waals surface area contributed by atoms with Crippen molar-refractivity contribution in [1.29, 1.82) is 0 Å². The lowest BCUT2D eigenvalue weighted by Gasteiger charge is -2.28. The molecule has 1 atom stereocenters. The second kappa shape index (κ2) is 6.84. The van der Waals surface area contributed by atoms with Crippen LogP contribution in [0.2, 0.25) is 0 Å². The van der Waals surface area contributed by atoms with E-state index in [1.54, 1.807) is 0 Å². The normalized spacial score (nSPS) is 18.8. The molecule has 0 bridgehead atoms. The minimum atomic E-state index is 0.148. The number of aromatic nitrogens is 1. The third kappa shape index (κ3) is 3.36. The highest BCUT2D eigenvalue weighted by Gasteiger charge is 2.32. The zero-order chi connectivity index (χ0) is 15.4. The maximum atomic E-state index is 9.68. The van der Waals surface area contributed by atoms with Gasteiger partial charge < -0.3 is 15.4 Å². The third-order valence-corrected chi connectivity index (χ3v) is 5.35. The molecule has 0 unspecified atom stereocenters. The zero-order valence-electron chi connectivity index (χ0n) is 13.6. The predicted octanol–water partition coefficient (Wildman–Crippen LogP) is 3.63. The van der Waals surface area contributed by atoms with Gasteiger partial charge in [0.1, 0.15) is 0 Å². The molecule has 0 spiro atoms. The number of para-hydroxylation sites is 1. The fourth-order valence-corrected chi connectivity index (χ4v) is 3.72. The summed E-state index contributed by atoms with van der Waals surface area (Å²) in [6, 6.07) is 8.98. The number of rotatable bonds is 7. The Morgan fingerprint density at radius 3 is 2.82 bits per heavy atom. The molecule has 0 radical (unpaired) electrons. The molecule has 1 aliphatic rings. The molecule has 3 nitrogen and oxygen atoms in total. The monoisotopic (exact) mass is 300 g/mol. The summed E-state index contributed by atoms with van der Waals surface area (Å²) in [7, 11) is 0. The van der Waals surface area contributed by atoms with E-state index >= 15 is 0 Å². The molecule has 0 saturated heterocycles. The van der Waals surface area contributed by atoms with Gasteiger partial charge >= 0.3 is 0 Å². The van der Waals surface area contributed by atoms with Crippen LogP contribution in [0.4, 0.5) is 0 Å². The van der Waals surface area contributed by atoms with Gasteiger partial charge in [-0.15, -0.1) is 0 Å². The molecule has 1 fully saturated rings. The Bertz CT molecular complexity index is 598. The fourth-order valence-electron chi connectivity index (χ4n) is 3.72. The Hall–Kier alpha value is -1.32. The van der Waals surface area contributed by atoms with Crippen molar-refractivity contribution in [2.45, 2.75) is 51.5 Å². The van der Waals surface area contributed by atoms with Crippen LogP contribution in [0.3, 0.4) is 0 Å². The number of aryl methyl sites for hydroxylation is 1. The van der Waals surface area contributed by atoms with Crippen LogP contribution in [-0.4, -0.2) is 29.3 Å². The molecule has 0 aliphatic heterocycles. The molecule has 1 aromatic carbocycles. The van der Waals surface area contributed by atoms with Crippen LogP contribution in [0.1, 0.15) is 44.6 Å². The van der Waals surface area contributed by atoms with Gasteiger partial charge in [0.15, 0.2) is 0 Å². The molecular formula is C19H28N2O. The Morgan fingerprint density at radius 1 is 1.27 bits per heavy atom. The third-order valence-electron chi connectivity index (χ3n) is 5.35. The molecule has 120 valence electrons. The number of aliphatic hydroxyl groups is 1. The first-order valence-corrected chi connectivity index (χ1v) is 8.62. The Morgan fingerprint density at radius 2 is 2.05 bits per heavy atom. The van der Waals surface area contributed by atoms with E-state index in [2.05, 4.69) is 47.7 Å². The van der Waals surface area contributed by atoms with Gasteiger partial charge in [-0.3, -0.25) is 0 Å². The average Bonchev–Trinajstić information content (AvgIpc) is 3.19.